The first-order chi connectivity index (χ1) is 13.5. The molecule has 28 heavy (non-hydrogen) atoms. The Morgan fingerprint density at radius 1 is 1.29 bits per heavy atom. The van der Waals surface area contributed by atoms with Gasteiger partial charge in [-0.05, 0) is 42.0 Å². The van der Waals surface area contributed by atoms with Crippen molar-refractivity contribution in [1.29, 1.82) is 0 Å². The molecule has 0 saturated carbocycles. The largest absolute Gasteiger partial charge is 0.497 e. The molecular weight excluding hydrogens is 400 g/mol. The smallest absolute Gasteiger partial charge is 0.240 e. The molecule has 2 amide bonds. The molecule has 1 aliphatic heterocycles. The lowest BCUT2D eigenvalue weighted by Crippen LogP contribution is -2.28. The molecule has 0 bridgehead atoms. The van der Waals surface area contributed by atoms with E-state index >= 15 is 0 Å². The van der Waals surface area contributed by atoms with Gasteiger partial charge in [-0.3, -0.25) is 9.59 Å². The Labute approximate surface area is 171 Å². The van der Waals surface area contributed by atoms with Gasteiger partial charge in [0.05, 0.1) is 24.0 Å². The van der Waals surface area contributed by atoms with Gasteiger partial charge in [-0.25, -0.2) is 0 Å². The molecule has 2 aromatic carbocycles. The van der Waals surface area contributed by atoms with Gasteiger partial charge in [-0.1, -0.05) is 35.5 Å². The van der Waals surface area contributed by atoms with Crippen molar-refractivity contribution in [2.45, 2.75) is 11.7 Å². The number of rotatable bonds is 6. The summed E-state index contributed by atoms with van der Waals surface area (Å²) in [5, 5.41) is 13.5. The van der Waals surface area contributed by atoms with Crippen LogP contribution < -0.4 is 15.4 Å². The summed E-state index contributed by atoms with van der Waals surface area (Å²) in [6.07, 6.45) is 1.57. The summed E-state index contributed by atoms with van der Waals surface area (Å²) in [5.41, 5.74) is 1.35. The second-order valence-electron chi connectivity index (χ2n) is 5.75. The molecule has 1 atom stereocenters. The van der Waals surface area contributed by atoms with Crippen LogP contribution in [0.25, 0.3) is 0 Å². The molecule has 1 heterocycles. The van der Waals surface area contributed by atoms with Gasteiger partial charge in [0.1, 0.15) is 11.0 Å². The van der Waals surface area contributed by atoms with Gasteiger partial charge >= 0.3 is 0 Å². The van der Waals surface area contributed by atoms with E-state index in [1.807, 2.05) is 24.3 Å². The number of ether oxygens (including phenoxy) is 1. The van der Waals surface area contributed by atoms with Crippen molar-refractivity contribution in [1.82, 2.24) is 5.32 Å². The fourth-order valence-electron chi connectivity index (χ4n) is 2.36. The summed E-state index contributed by atoms with van der Waals surface area (Å²) >= 11 is 7.19. The van der Waals surface area contributed by atoms with Gasteiger partial charge in [0, 0.05) is 6.42 Å². The average molecular weight is 417 g/mol. The van der Waals surface area contributed by atoms with Crippen LogP contribution in [0.1, 0.15) is 12.0 Å². The van der Waals surface area contributed by atoms with Gasteiger partial charge in [-0.2, -0.15) is 5.10 Å². The zero-order valence-electron chi connectivity index (χ0n) is 14.9. The van der Waals surface area contributed by atoms with Crippen LogP contribution in [-0.2, 0) is 9.59 Å². The Bertz CT molecular complexity index is 931. The third-order valence-corrected chi connectivity index (χ3v) is 5.17. The van der Waals surface area contributed by atoms with Crippen LogP contribution in [0.2, 0.25) is 5.02 Å². The topological polar surface area (TPSA) is 92.2 Å². The van der Waals surface area contributed by atoms with Crippen LogP contribution in [0.3, 0.4) is 0 Å². The summed E-state index contributed by atoms with van der Waals surface area (Å²) < 4.78 is 5.09. The number of anilines is 1. The lowest BCUT2D eigenvalue weighted by atomic mass is 10.2. The Kier molecular flexibility index (Phi) is 6.67. The first-order valence-electron chi connectivity index (χ1n) is 8.32. The van der Waals surface area contributed by atoms with E-state index in [-0.39, 0.29) is 18.2 Å². The van der Waals surface area contributed by atoms with E-state index in [1.165, 1.54) is 0 Å². The number of carbonyl (C=O) groups excluding carboxylic acids is 2. The lowest BCUT2D eigenvalue weighted by molar-refractivity contribution is -0.122. The van der Waals surface area contributed by atoms with Gasteiger partial charge in [-0.15, -0.1) is 5.10 Å². The van der Waals surface area contributed by atoms with E-state index in [0.29, 0.717) is 15.9 Å². The van der Waals surface area contributed by atoms with Gasteiger partial charge < -0.3 is 15.4 Å². The number of carbonyl (C=O) groups is 2. The maximum atomic E-state index is 12.2. The van der Waals surface area contributed by atoms with Crippen LogP contribution in [0.4, 0.5) is 5.69 Å². The summed E-state index contributed by atoms with van der Waals surface area (Å²) in [6, 6.07) is 14.2. The summed E-state index contributed by atoms with van der Waals surface area (Å²) in [4.78, 5) is 24.2. The molecular formula is C19H17ClN4O3S. The zero-order chi connectivity index (χ0) is 19.9. The highest BCUT2D eigenvalue weighted by molar-refractivity contribution is 8.15. The lowest BCUT2D eigenvalue weighted by Gasteiger charge is -2.08. The molecule has 2 aromatic rings. The van der Waals surface area contributed by atoms with Crippen molar-refractivity contribution in [2.75, 3.05) is 12.4 Å². The number of para-hydroxylation sites is 1. The third-order valence-electron chi connectivity index (χ3n) is 3.77. The normalized spacial score (nSPS) is 17.7. The number of hydrogen-bond donors (Lipinski definition) is 2. The second-order valence-corrected chi connectivity index (χ2v) is 7.35. The Balaban J connectivity index is 1.55. The molecule has 1 unspecified atom stereocenters. The number of nitrogens with one attached hydrogen (secondary N) is 2. The van der Waals surface area contributed by atoms with E-state index in [1.54, 1.807) is 37.6 Å². The molecule has 3 rings (SSSR count). The number of benzene rings is 2. The highest BCUT2D eigenvalue weighted by atomic mass is 35.5. The van der Waals surface area contributed by atoms with Crippen molar-refractivity contribution in [3.63, 3.8) is 0 Å². The highest BCUT2D eigenvalue weighted by Gasteiger charge is 2.32. The molecule has 7 nitrogen and oxygen atoms in total. The standard InChI is InChI=1S/C19H17ClN4O3S/c1-27-13-8-6-12(7-9-13)11-21-24-19-23-18(26)16(28-19)10-17(25)22-15-5-3-2-4-14(15)20/h2-9,11,16H,10H2,1H3,(H,22,25)(H,23,24,26)/b21-11+. The van der Waals surface area contributed by atoms with E-state index in [0.717, 1.165) is 23.1 Å². The first-order valence-corrected chi connectivity index (χ1v) is 9.58. The number of methoxy groups -OCH3 is 1. The number of amides is 2. The van der Waals surface area contributed by atoms with Crippen molar-refractivity contribution >= 4 is 52.2 Å². The summed E-state index contributed by atoms with van der Waals surface area (Å²) in [5.74, 6) is 0.168. The van der Waals surface area contributed by atoms with Gasteiger partial charge in [0.2, 0.25) is 11.8 Å². The summed E-state index contributed by atoms with van der Waals surface area (Å²) in [7, 11) is 1.60. The number of hydrogen-bond acceptors (Lipinski definition) is 6. The van der Waals surface area contributed by atoms with E-state index < -0.39 is 5.25 Å². The van der Waals surface area contributed by atoms with Gasteiger partial charge in [0.15, 0.2) is 5.17 Å². The highest BCUT2D eigenvalue weighted by Crippen LogP contribution is 2.25. The summed E-state index contributed by atoms with van der Waals surface area (Å²) in [6.45, 7) is 0. The quantitative estimate of drug-likeness (QED) is 0.558. The minimum Gasteiger partial charge on any atom is -0.497 e. The molecule has 144 valence electrons. The fourth-order valence-corrected chi connectivity index (χ4v) is 3.46. The molecule has 1 saturated heterocycles. The maximum Gasteiger partial charge on any atom is 0.240 e. The fraction of sp³-hybridized carbons (Fsp3) is 0.158. The monoisotopic (exact) mass is 416 g/mol. The van der Waals surface area contributed by atoms with E-state index in [2.05, 4.69) is 20.8 Å². The molecule has 9 heteroatoms. The van der Waals surface area contributed by atoms with E-state index in [9.17, 15) is 9.59 Å². The van der Waals surface area contributed by atoms with Crippen LogP contribution in [0, 0.1) is 0 Å². The molecule has 1 aliphatic rings. The predicted octanol–water partition coefficient (Wildman–Crippen LogP) is 3.30. The number of thioether (sulfide) groups is 1. The molecule has 0 radical (unpaired) electrons. The average Bonchev–Trinajstić information content (AvgIpc) is 3.03. The predicted molar refractivity (Wildman–Crippen MR) is 112 cm³/mol. The van der Waals surface area contributed by atoms with Crippen LogP contribution >= 0.6 is 23.4 Å². The van der Waals surface area contributed by atoms with Crippen molar-refractivity contribution < 1.29 is 14.3 Å². The van der Waals surface area contributed by atoms with Crippen LogP contribution in [0.15, 0.2) is 58.7 Å². The first kappa shape index (κ1) is 19.9. The van der Waals surface area contributed by atoms with Crippen molar-refractivity contribution in [3.8, 4) is 5.75 Å². The third kappa shape index (κ3) is 5.34. The number of nitrogens with zero attached hydrogens (tertiary/aromatic N) is 2. The van der Waals surface area contributed by atoms with Crippen molar-refractivity contribution in [2.24, 2.45) is 10.2 Å². The zero-order valence-corrected chi connectivity index (χ0v) is 16.5. The van der Waals surface area contributed by atoms with Crippen molar-refractivity contribution in [3.05, 3.63) is 59.1 Å². The maximum absolute atomic E-state index is 12.2. The number of amidine groups is 1. The Morgan fingerprint density at radius 2 is 2.04 bits per heavy atom. The molecule has 1 fully saturated rings. The molecule has 0 aromatic heterocycles. The minimum atomic E-state index is -0.572. The minimum absolute atomic E-state index is 0.00291. The van der Waals surface area contributed by atoms with E-state index in [4.69, 9.17) is 16.3 Å². The SMILES string of the molecule is COc1ccc(/C=N/N=C2/NC(=O)C(CC(=O)Nc3ccccc3Cl)S2)cc1. The molecule has 0 spiro atoms. The molecule has 2 N–H and O–H groups in total. The van der Waals surface area contributed by atoms with Crippen LogP contribution in [0.5, 0.6) is 5.75 Å². The second kappa shape index (κ2) is 9.38. The van der Waals surface area contributed by atoms with Crippen LogP contribution in [-0.4, -0.2) is 35.6 Å². The Morgan fingerprint density at radius 3 is 2.75 bits per heavy atom. The molecule has 0 aliphatic carbocycles. The van der Waals surface area contributed by atoms with Gasteiger partial charge in [0.25, 0.3) is 0 Å². The number of halogens is 1. The Hall–Kier alpha value is -2.84.